The first-order chi connectivity index (χ1) is 10.1. The molecule has 0 amide bonds. The highest BCUT2D eigenvalue weighted by atomic mass is 33.1. The number of Topliss-reactive ketones (excluding diaryl/α,β-unsaturated/α-hetero) is 2. The molecule has 0 aliphatic rings. The topological polar surface area (TPSA) is 139 Å². The van der Waals surface area contributed by atoms with Gasteiger partial charge in [-0.1, -0.05) is 21.6 Å². The standard InChI is InChI=1S/C12H20N2O6S2/c1-7(15)11(13,9(17)19-3)5-21-22-6-12(14,8(2)16)10(18)20-4/h5-6,13-14H2,1-4H3. The number of ether oxygens (including phenoxy) is 2. The van der Waals surface area contributed by atoms with Crippen molar-refractivity contribution in [2.75, 3.05) is 25.7 Å². The molecule has 10 heteroatoms. The molecular formula is C12H20N2O6S2. The van der Waals surface area contributed by atoms with Gasteiger partial charge in [-0.3, -0.25) is 9.59 Å². The van der Waals surface area contributed by atoms with Crippen LogP contribution >= 0.6 is 21.6 Å². The van der Waals surface area contributed by atoms with Gasteiger partial charge in [0.2, 0.25) is 0 Å². The Morgan fingerprint density at radius 2 is 1.09 bits per heavy atom. The van der Waals surface area contributed by atoms with E-state index in [0.717, 1.165) is 35.8 Å². The minimum absolute atomic E-state index is 0.0885. The predicted molar refractivity (Wildman–Crippen MR) is 84.1 cm³/mol. The molecule has 0 aliphatic heterocycles. The molecule has 126 valence electrons. The van der Waals surface area contributed by atoms with Gasteiger partial charge in [0.05, 0.1) is 14.2 Å². The summed E-state index contributed by atoms with van der Waals surface area (Å²) in [4.78, 5) is 46.2. The molecule has 0 radical (unpaired) electrons. The number of rotatable bonds is 9. The van der Waals surface area contributed by atoms with Crippen molar-refractivity contribution in [2.24, 2.45) is 11.5 Å². The molecule has 0 aromatic rings. The number of hydrogen-bond donors (Lipinski definition) is 2. The average molecular weight is 352 g/mol. The lowest BCUT2D eigenvalue weighted by Crippen LogP contribution is -2.57. The third-order valence-corrected chi connectivity index (χ3v) is 5.53. The second kappa shape index (κ2) is 8.51. The second-order valence-electron chi connectivity index (χ2n) is 4.56. The number of ketones is 2. The fourth-order valence-corrected chi connectivity index (χ4v) is 4.04. The largest absolute Gasteiger partial charge is 0.467 e. The fourth-order valence-electron chi connectivity index (χ4n) is 1.24. The summed E-state index contributed by atoms with van der Waals surface area (Å²) in [6.07, 6.45) is 0. The quantitative estimate of drug-likeness (QED) is 0.237. The lowest BCUT2D eigenvalue weighted by atomic mass is 9.99. The van der Waals surface area contributed by atoms with Crippen molar-refractivity contribution >= 4 is 45.1 Å². The highest BCUT2D eigenvalue weighted by Crippen LogP contribution is 2.29. The Kier molecular flexibility index (Phi) is 8.09. The summed E-state index contributed by atoms with van der Waals surface area (Å²) in [6, 6.07) is 0. The van der Waals surface area contributed by atoms with E-state index >= 15 is 0 Å². The first kappa shape index (κ1) is 20.9. The summed E-state index contributed by atoms with van der Waals surface area (Å²) in [5, 5.41) is 0. The number of carbonyl (C=O) groups excluding carboxylic acids is 4. The van der Waals surface area contributed by atoms with E-state index in [1.165, 1.54) is 13.8 Å². The molecule has 0 aromatic carbocycles. The summed E-state index contributed by atoms with van der Waals surface area (Å²) in [5.74, 6) is -2.99. The van der Waals surface area contributed by atoms with E-state index in [1.54, 1.807) is 0 Å². The molecule has 0 spiro atoms. The highest BCUT2D eigenvalue weighted by molar-refractivity contribution is 8.76. The van der Waals surface area contributed by atoms with Crippen LogP contribution in [0.2, 0.25) is 0 Å². The van der Waals surface area contributed by atoms with Crippen LogP contribution < -0.4 is 11.5 Å². The average Bonchev–Trinajstić information content (AvgIpc) is 2.48. The van der Waals surface area contributed by atoms with Crippen molar-refractivity contribution in [3.05, 3.63) is 0 Å². The predicted octanol–water partition coefficient (Wildman–Crippen LogP) is -0.713. The Morgan fingerprint density at radius 3 is 1.27 bits per heavy atom. The lowest BCUT2D eigenvalue weighted by molar-refractivity contribution is -0.151. The van der Waals surface area contributed by atoms with Crippen LogP contribution in [0.1, 0.15) is 13.8 Å². The molecule has 0 saturated carbocycles. The van der Waals surface area contributed by atoms with Gasteiger partial charge < -0.3 is 20.9 Å². The number of nitrogens with two attached hydrogens (primary N) is 2. The van der Waals surface area contributed by atoms with Crippen molar-refractivity contribution in [2.45, 2.75) is 24.9 Å². The Balaban J connectivity index is 4.76. The molecule has 22 heavy (non-hydrogen) atoms. The van der Waals surface area contributed by atoms with Crippen LogP contribution in [0.3, 0.4) is 0 Å². The number of esters is 2. The van der Waals surface area contributed by atoms with E-state index in [9.17, 15) is 19.2 Å². The van der Waals surface area contributed by atoms with Crippen LogP contribution in [-0.4, -0.2) is 60.3 Å². The molecule has 2 unspecified atom stereocenters. The molecule has 0 rings (SSSR count). The molecule has 0 fully saturated rings. The maximum Gasteiger partial charge on any atom is 0.334 e. The van der Waals surface area contributed by atoms with Gasteiger partial charge in [-0.25, -0.2) is 9.59 Å². The third-order valence-electron chi connectivity index (χ3n) is 3.01. The van der Waals surface area contributed by atoms with E-state index in [4.69, 9.17) is 11.5 Å². The van der Waals surface area contributed by atoms with E-state index < -0.39 is 34.6 Å². The van der Waals surface area contributed by atoms with Crippen molar-refractivity contribution in [3.63, 3.8) is 0 Å². The zero-order chi connectivity index (χ0) is 17.6. The first-order valence-corrected chi connectivity index (χ1v) is 8.56. The van der Waals surface area contributed by atoms with E-state index in [0.29, 0.717) is 0 Å². The van der Waals surface area contributed by atoms with Crippen molar-refractivity contribution in [1.29, 1.82) is 0 Å². The summed E-state index contributed by atoms with van der Waals surface area (Å²) in [6.45, 7) is 2.36. The highest BCUT2D eigenvalue weighted by Gasteiger charge is 2.43. The fraction of sp³-hybridized carbons (Fsp3) is 0.667. The van der Waals surface area contributed by atoms with E-state index in [1.807, 2.05) is 0 Å². The van der Waals surface area contributed by atoms with Crippen molar-refractivity contribution in [1.82, 2.24) is 0 Å². The van der Waals surface area contributed by atoms with Gasteiger partial charge in [-0.2, -0.15) is 0 Å². The summed E-state index contributed by atoms with van der Waals surface area (Å²) in [5.41, 5.74) is 7.91. The number of hydrogen-bond acceptors (Lipinski definition) is 10. The van der Waals surface area contributed by atoms with E-state index in [-0.39, 0.29) is 11.5 Å². The van der Waals surface area contributed by atoms with Crippen LogP contribution in [0.5, 0.6) is 0 Å². The van der Waals surface area contributed by atoms with Gasteiger partial charge in [0.15, 0.2) is 22.6 Å². The van der Waals surface area contributed by atoms with Crippen LogP contribution in [0.4, 0.5) is 0 Å². The maximum absolute atomic E-state index is 11.6. The molecule has 2 atom stereocenters. The molecule has 0 aromatic heterocycles. The Morgan fingerprint density at radius 1 is 0.818 bits per heavy atom. The number of carbonyl (C=O) groups is 4. The molecule has 0 bridgehead atoms. The Hall–Kier alpha value is -1.10. The van der Waals surface area contributed by atoms with Crippen LogP contribution in [0.25, 0.3) is 0 Å². The minimum Gasteiger partial charge on any atom is -0.467 e. The van der Waals surface area contributed by atoms with Crippen LogP contribution in [0, 0.1) is 0 Å². The van der Waals surface area contributed by atoms with Gasteiger partial charge in [0, 0.05) is 11.5 Å². The lowest BCUT2D eigenvalue weighted by Gasteiger charge is -2.25. The van der Waals surface area contributed by atoms with E-state index in [2.05, 4.69) is 9.47 Å². The molecule has 8 nitrogen and oxygen atoms in total. The summed E-state index contributed by atoms with van der Waals surface area (Å²) >= 11 is 0. The van der Waals surface area contributed by atoms with Gasteiger partial charge in [-0.15, -0.1) is 0 Å². The number of methoxy groups -OCH3 is 2. The zero-order valence-corrected chi connectivity index (χ0v) is 14.5. The minimum atomic E-state index is -1.79. The maximum atomic E-state index is 11.6. The van der Waals surface area contributed by atoms with Crippen LogP contribution in [0.15, 0.2) is 0 Å². The van der Waals surface area contributed by atoms with Gasteiger partial charge in [-0.05, 0) is 13.8 Å². The van der Waals surface area contributed by atoms with Crippen molar-refractivity contribution in [3.8, 4) is 0 Å². The summed E-state index contributed by atoms with van der Waals surface area (Å²) < 4.78 is 9.02. The molecule has 0 saturated heterocycles. The van der Waals surface area contributed by atoms with Gasteiger partial charge in [0.1, 0.15) is 0 Å². The van der Waals surface area contributed by atoms with Gasteiger partial charge >= 0.3 is 11.9 Å². The van der Waals surface area contributed by atoms with Crippen LogP contribution in [-0.2, 0) is 28.7 Å². The SMILES string of the molecule is COC(=O)C(N)(CSSCC(N)(C(C)=O)C(=O)OC)C(C)=O. The Labute approximate surface area is 136 Å². The molecule has 4 N–H and O–H groups in total. The molecule has 0 aliphatic carbocycles. The summed E-state index contributed by atoms with van der Waals surface area (Å²) in [7, 11) is 4.32. The second-order valence-corrected chi connectivity index (χ2v) is 7.03. The smallest absolute Gasteiger partial charge is 0.334 e. The van der Waals surface area contributed by atoms with Crippen molar-refractivity contribution < 1.29 is 28.7 Å². The zero-order valence-electron chi connectivity index (χ0n) is 12.8. The first-order valence-electron chi connectivity index (χ1n) is 6.07. The molecular weight excluding hydrogens is 332 g/mol. The molecule has 0 heterocycles. The van der Waals surface area contributed by atoms with Gasteiger partial charge in [0.25, 0.3) is 0 Å². The third kappa shape index (κ3) is 4.70. The normalized spacial score (nSPS) is 16.1. The monoisotopic (exact) mass is 352 g/mol. The Bertz CT molecular complexity index is 431.